The first kappa shape index (κ1) is 14.1. The van der Waals surface area contributed by atoms with Gasteiger partial charge in [-0.25, -0.2) is 0 Å². The molecular weight excluding hydrogens is 249 g/mol. The summed E-state index contributed by atoms with van der Waals surface area (Å²) >= 11 is 0. The summed E-state index contributed by atoms with van der Waals surface area (Å²) in [6.07, 6.45) is -3.66. The van der Waals surface area contributed by atoms with E-state index in [9.17, 15) is 13.2 Å². The standard InChI is InChI=1S/C13H13B2F3N/c1-8(2)12-14-11(15-19-12)7-9-3-5-10(6-4-9)13(16,17)18/h3-6,8H,7H2,1-2H3. The van der Waals surface area contributed by atoms with Crippen molar-refractivity contribution in [3.63, 3.8) is 0 Å². The summed E-state index contributed by atoms with van der Waals surface area (Å²) in [6, 6.07) is 5.28. The van der Waals surface area contributed by atoms with Crippen LogP contribution >= 0.6 is 0 Å². The van der Waals surface area contributed by atoms with Crippen LogP contribution in [0.15, 0.2) is 29.2 Å². The van der Waals surface area contributed by atoms with Crippen LogP contribution in [-0.2, 0) is 12.6 Å². The molecule has 0 unspecified atom stereocenters. The predicted octanol–water partition coefficient (Wildman–Crippen LogP) is 2.77. The van der Waals surface area contributed by atoms with E-state index in [1.165, 1.54) is 12.1 Å². The molecule has 0 amide bonds. The summed E-state index contributed by atoms with van der Waals surface area (Å²) in [5.74, 6) is 0.362. The molecule has 0 atom stereocenters. The Morgan fingerprint density at radius 2 is 1.79 bits per heavy atom. The van der Waals surface area contributed by atoms with Gasteiger partial charge in [0.2, 0.25) is 0 Å². The Morgan fingerprint density at radius 1 is 1.16 bits per heavy atom. The average Bonchev–Trinajstić information content (AvgIpc) is 2.77. The van der Waals surface area contributed by atoms with Crippen LogP contribution in [0, 0.1) is 5.92 Å². The summed E-state index contributed by atoms with van der Waals surface area (Å²) in [5, 5.41) is 1.03. The summed E-state index contributed by atoms with van der Waals surface area (Å²) in [5.41, 5.74) is 1.26. The van der Waals surface area contributed by atoms with Gasteiger partial charge in [0.1, 0.15) is 0 Å². The first-order chi connectivity index (χ1) is 8.86. The number of nitrogens with zero attached hydrogens (tertiary/aromatic N) is 1. The second kappa shape index (κ2) is 5.35. The van der Waals surface area contributed by atoms with Gasteiger partial charge in [-0.05, 0) is 0 Å². The van der Waals surface area contributed by atoms with Crippen molar-refractivity contribution in [2.75, 3.05) is 0 Å². The van der Waals surface area contributed by atoms with Gasteiger partial charge >= 0.3 is 111 Å². The van der Waals surface area contributed by atoms with Crippen LogP contribution in [0.1, 0.15) is 25.0 Å². The molecule has 0 saturated carbocycles. The number of halogens is 3. The van der Waals surface area contributed by atoms with Gasteiger partial charge in [-0.3, -0.25) is 0 Å². The third-order valence-electron chi connectivity index (χ3n) is 2.99. The molecule has 1 aromatic carbocycles. The summed E-state index contributed by atoms with van der Waals surface area (Å²) in [7, 11) is 3.79. The topological polar surface area (TPSA) is 12.4 Å². The molecule has 6 heteroatoms. The Kier molecular flexibility index (Phi) is 3.97. The van der Waals surface area contributed by atoms with Gasteiger partial charge in [-0.2, -0.15) is 0 Å². The minimum atomic E-state index is -4.27. The summed E-state index contributed by atoms with van der Waals surface area (Å²) in [4.78, 5) is 4.29. The van der Waals surface area contributed by atoms with E-state index in [0.717, 1.165) is 28.7 Å². The molecule has 97 valence electrons. The van der Waals surface area contributed by atoms with Crippen molar-refractivity contribution < 1.29 is 13.2 Å². The van der Waals surface area contributed by atoms with E-state index in [1.807, 2.05) is 7.28 Å². The van der Waals surface area contributed by atoms with Gasteiger partial charge in [0.05, 0.1) is 0 Å². The van der Waals surface area contributed by atoms with Crippen LogP contribution in [0.5, 0.6) is 0 Å². The maximum atomic E-state index is 12.4. The van der Waals surface area contributed by atoms with Gasteiger partial charge in [0.15, 0.2) is 0 Å². The van der Waals surface area contributed by atoms with Crippen LogP contribution in [0.3, 0.4) is 0 Å². The number of hydrogen-bond donors (Lipinski definition) is 0. The van der Waals surface area contributed by atoms with Gasteiger partial charge in [-0.1, -0.05) is 0 Å². The Bertz CT molecular complexity index is 516. The molecule has 0 saturated heterocycles. The zero-order valence-electron chi connectivity index (χ0n) is 10.8. The molecular formula is C13H13B2F3N. The van der Waals surface area contributed by atoms with Crippen molar-refractivity contribution in [3.05, 3.63) is 35.4 Å². The Morgan fingerprint density at radius 3 is 2.26 bits per heavy atom. The van der Waals surface area contributed by atoms with E-state index in [1.54, 1.807) is 7.06 Å². The quantitative estimate of drug-likeness (QED) is 0.742. The molecule has 1 aliphatic heterocycles. The van der Waals surface area contributed by atoms with Crippen LogP contribution in [0.25, 0.3) is 0 Å². The first-order valence-electron chi connectivity index (χ1n) is 6.14. The van der Waals surface area contributed by atoms with Crippen LogP contribution in [0.2, 0.25) is 0 Å². The zero-order valence-corrected chi connectivity index (χ0v) is 10.8. The second-order valence-corrected chi connectivity index (χ2v) is 4.93. The van der Waals surface area contributed by atoms with Crippen LogP contribution in [-0.4, -0.2) is 25.3 Å². The SMILES string of the molecule is CC(C)C1=NB=C(Cc2ccc(C(F)(F)F)cc2)[B]1. The third kappa shape index (κ3) is 3.58. The van der Waals surface area contributed by atoms with Crippen molar-refractivity contribution >= 4 is 25.3 Å². The Labute approximate surface area is 112 Å². The molecule has 0 fully saturated rings. The molecule has 1 radical (unpaired) electrons. The average molecular weight is 262 g/mol. The normalized spacial score (nSPS) is 14.8. The molecule has 2 rings (SSSR count). The van der Waals surface area contributed by atoms with Crippen molar-refractivity contribution in [1.82, 2.24) is 0 Å². The minimum absolute atomic E-state index is 0.362. The van der Waals surface area contributed by atoms with E-state index < -0.39 is 11.7 Å². The van der Waals surface area contributed by atoms with Crippen molar-refractivity contribution in [2.24, 2.45) is 10.8 Å². The Hall–Kier alpha value is -1.32. The van der Waals surface area contributed by atoms with E-state index in [0.29, 0.717) is 12.3 Å². The summed E-state index contributed by atoms with van der Waals surface area (Å²) in [6.45, 7) is 4.12. The molecule has 0 spiro atoms. The van der Waals surface area contributed by atoms with Crippen molar-refractivity contribution in [1.29, 1.82) is 0 Å². The first-order valence-corrected chi connectivity index (χ1v) is 6.14. The molecule has 0 bridgehead atoms. The second-order valence-electron chi connectivity index (χ2n) is 4.93. The van der Waals surface area contributed by atoms with Crippen molar-refractivity contribution in [2.45, 2.75) is 26.4 Å². The maximum absolute atomic E-state index is 12.4. The molecule has 1 nitrogen and oxygen atoms in total. The molecule has 1 aromatic rings. The van der Waals surface area contributed by atoms with Gasteiger partial charge < -0.3 is 0 Å². The van der Waals surface area contributed by atoms with Gasteiger partial charge in [-0.15, -0.1) is 0 Å². The van der Waals surface area contributed by atoms with Gasteiger partial charge in [0.25, 0.3) is 0 Å². The number of hydrogen-bond acceptors (Lipinski definition) is 1. The number of benzene rings is 1. The Balaban J connectivity index is 1.99. The fraction of sp³-hybridized carbons (Fsp3) is 0.385. The zero-order chi connectivity index (χ0) is 14.0. The molecule has 0 aliphatic carbocycles. The summed E-state index contributed by atoms with van der Waals surface area (Å²) < 4.78 is 37.3. The van der Waals surface area contributed by atoms with E-state index >= 15 is 0 Å². The van der Waals surface area contributed by atoms with Crippen LogP contribution in [0.4, 0.5) is 13.2 Å². The predicted molar refractivity (Wildman–Crippen MR) is 73.9 cm³/mol. The molecule has 0 aromatic heterocycles. The fourth-order valence-corrected chi connectivity index (χ4v) is 1.88. The molecule has 1 aliphatic rings. The van der Waals surface area contributed by atoms with E-state index in [2.05, 4.69) is 18.8 Å². The van der Waals surface area contributed by atoms with E-state index in [4.69, 9.17) is 0 Å². The molecule has 1 heterocycles. The number of alkyl halides is 3. The fourth-order valence-electron chi connectivity index (χ4n) is 1.88. The monoisotopic (exact) mass is 262 g/mol. The third-order valence-corrected chi connectivity index (χ3v) is 2.99. The van der Waals surface area contributed by atoms with Crippen molar-refractivity contribution in [3.8, 4) is 0 Å². The van der Waals surface area contributed by atoms with Gasteiger partial charge in [0, 0.05) is 0 Å². The van der Waals surface area contributed by atoms with Crippen LogP contribution < -0.4 is 0 Å². The molecule has 0 N–H and O–H groups in total. The van der Waals surface area contributed by atoms with E-state index in [-0.39, 0.29) is 0 Å². The number of rotatable bonds is 3. The molecule has 19 heavy (non-hydrogen) atoms.